The molecule has 8 heteroatoms. The summed E-state index contributed by atoms with van der Waals surface area (Å²) >= 11 is 5.81. The standard InChI is InChI=1S/C17H14ClF2NO4/c1-9(16(22)21-15-6-3-10(19)7-13(15)18)25-17(23)12-5-4-11(24-2)8-14(12)20/h3-9H,1-2H3,(H,21,22)/t9-/m0/s1. The number of rotatable bonds is 5. The van der Waals surface area contributed by atoms with Crippen molar-refractivity contribution >= 4 is 29.2 Å². The number of hydrogen-bond donors (Lipinski definition) is 1. The van der Waals surface area contributed by atoms with Crippen LogP contribution in [-0.2, 0) is 9.53 Å². The second-order valence-corrected chi connectivity index (χ2v) is 5.41. The number of amides is 1. The molecule has 2 rings (SSSR count). The number of halogens is 3. The summed E-state index contributed by atoms with van der Waals surface area (Å²) in [5, 5.41) is 2.39. The average molecular weight is 370 g/mol. The third-order valence-corrected chi connectivity index (χ3v) is 3.55. The molecule has 0 saturated carbocycles. The summed E-state index contributed by atoms with van der Waals surface area (Å²) in [6, 6.07) is 7.03. The van der Waals surface area contributed by atoms with Gasteiger partial charge in [-0.25, -0.2) is 13.6 Å². The van der Waals surface area contributed by atoms with Gasteiger partial charge in [0, 0.05) is 6.07 Å². The molecule has 1 N–H and O–H groups in total. The summed E-state index contributed by atoms with van der Waals surface area (Å²) in [5.41, 5.74) is -0.174. The quantitative estimate of drug-likeness (QED) is 0.814. The number of benzene rings is 2. The molecule has 0 unspecified atom stereocenters. The fraction of sp³-hybridized carbons (Fsp3) is 0.176. The Bertz CT molecular complexity index is 813. The second kappa shape index (κ2) is 7.94. The van der Waals surface area contributed by atoms with Crippen LogP contribution in [0.1, 0.15) is 17.3 Å². The topological polar surface area (TPSA) is 64.6 Å². The van der Waals surface area contributed by atoms with Gasteiger partial charge < -0.3 is 14.8 Å². The van der Waals surface area contributed by atoms with Crippen molar-refractivity contribution < 1.29 is 27.8 Å². The van der Waals surface area contributed by atoms with E-state index in [2.05, 4.69) is 5.32 Å². The van der Waals surface area contributed by atoms with Crippen LogP contribution in [0.25, 0.3) is 0 Å². The minimum absolute atomic E-state index is 0.00641. The number of carbonyl (C=O) groups is 2. The van der Waals surface area contributed by atoms with E-state index in [4.69, 9.17) is 21.1 Å². The molecule has 2 aromatic carbocycles. The Morgan fingerprint density at radius 3 is 2.48 bits per heavy atom. The Morgan fingerprint density at radius 2 is 1.88 bits per heavy atom. The number of carbonyl (C=O) groups excluding carboxylic acids is 2. The molecule has 0 aliphatic rings. The SMILES string of the molecule is COc1ccc(C(=O)O[C@@H](C)C(=O)Nc2ccc(F)cc2Cl)c(F)c1. The summed E-state index contributed by atoms with van der Waals surface area (Å²) in [6.07, 6.45) is -1.23. The lowest BCUT2D eigenvalue weighted by molar-refractivity contribution is -0.123. The van der Waals surface area contributed by atoms with E-state index in [1.165, 1.54) is 32.2 Å². The summed E-state index contributed by atoms with van der Waals surface area (Å²) in [4.78, 5) is 24.0. The molecule has 25 heavy (non-hydrogen) atoms. The first-order chi connectivity index (χ1) is 11.8. The highest BCUT2D eigenvalue weighted by Crippen LogP contribution is 2.23. The van der Waals surface area contributed by atoms with Gasteiger partial charge in [0.1, 0.15) is 17.4 Å². The predicted octanol–water partition coefficient (Wildman–Crippen LogP) is 3.81. The Morgan fingerprint density at radius 1 is 1.16 bits per heavy atom. The largest absolute Gasteiger partial charge is 0.497 e. The first-order valence-electron chi connectivity index (χ1n) is 7.12. The van der Waals surface area contributed by atoms with Crippen LogP contribution < -0.4 is 10.1 Å². The van der Waals surface area contributed by atoms with E-state index in [0.29, 0.717) is 0 Å². The average Bonchev–Trinajstić information content (AvgIpc) is 2.56. The maximum absolute atomic E-state index is 13.8. The summed E-state index contributed by atoms with van der Waals surface area (Å²) < 4.78 is 36.6. The van der Waals surface area contributed by atoms with Crippen molar-refractivity contribution in [1.82, 2.24) is 0 Å². The molecule has 0 aromatic heterocycles. The minimum Gasteiger partial charge on any atom is -0.497 e. The molecular weight excluding hydrogens is 356 g/mol. The maximum Gasteiger partial charge on any atom is 0.341 e. The number of esters is 1. The molecule has 5 nitrogen and oxygen atoms in total. The fourth-order valence-electron chi connectivity index (χ4n) is 1.89. The number of anilines is 1. The lowest BCUT2D eigenvalue weighted by Gasteiger charge is -2.14. The molecule has 132 valence electrons. The molecular formula is C17H14ClF2NO4. The zero-order valence-electron chi connectivity index (χ0n) is 13.3. The summed E-state index contributed by atoms with van der Waals surface area (Å²) in [5.74, 6) is -2.86. The minimum atomic E-state index is -1.23. The van der Waals surface area contributed by atoms with E-state index < -0.39 is 29.6 Å². The Labute approximate surface area is 147 Å². The summed E-state index contributed by atoms with van der Waals surface area (Å²) in [6.45, 7) is 1.31. The molecule has 0 spiro atoms. The Hall–Kier alpha value is -2.67. The fourth-order valence-corrected chi connectivity index (χ4v) is 2.11. The third kappa shape index (κ3) is 4.67. The number of ether oxygens (including phenoxy) is 2. The predicted molar refractivity (Wildman–Crippen MR) is 87.9 cm³/mol. The van der Waals surface area contributed by atoms with Crippen molar-refractivity contribution in [2.24, 2.45) is 0 Å². The van der Waals surface area contributed by atoms with E-state index in [1.807, 2.05) is 0 Å². The van der Waals surface area contributed by atoms with Gasteiger partial charge >= 0.3 is 5.97 Å². The first-order valence-corrected chi connectivity index (χ1v) is 7.50. The van der Waals surface area contributed by atoms with Crippen molar-refractivity contribution in [3.63, 3.8) is 0 Å². The number of nitrogens with one attached hydrogen (secondary N) is 1. The van der Waals surface area contributed by atoms with Gasteiger partial charge in [-0.3, -0.25) is 4.79 Å². The smallest absolute Gasteiger partial charge is 0.341 e. The van der Waals surface area contributed by atoms with Crippen LogP contribution in [-0.4, -0.2) is 25.1 Å². The van der Waals surface area contributed by atoms with Crippen molar-refractivity contribution in [2.75, 3.05) is 12.4 Å². The monoisotopic (exact) mass is 369 g/mol. The molecule has 0 heterocycles. The van der Waals surface area contributed by atoms with Gasteiger partial charge in [-0.05, 0) is 37.3 Å². The highest BCUT2D eigenvalue weighted by molar-refractivity contribution is 6.33. The molecule has 0 bridgehead atoms. The molecule has 1 atom stereocenters. The molecule has 0 aliphatic carbocycles. The first kappa shape index (κ1) is 18.7. The van der Waals surface area contributed by atoms with Crippen LogP contribution in [0.15, 0.2) is 36.4 Å². The van der Waals surface area contributed by atoms with Gasteiger partial charge in [0.2, 0.25) is 0 Å². The maximum atomic E-state index is 13.8. The van der Waals surface area contributed by atoms with Gasteiger partial charge in [-0.15, -0.1) is 0 Å². The van der Waals surface area contributed by atoms with Crippen LogP contribution in [0, 0.1) is 11.6 Å². The van der Waals surface area contributed by atoms with Crippen LogP contribution in [0.4, 0.5) is 14.5 Å². The van der Waals surface area contributed by atoms with E-state index >= 15 is 0 Å². The van der Waals surface area contributed by atoms with E-state index in [1.54, 1.807) is 0 Å². The van der Waals surface area contributed by atoms with Crippen molar-refractivity contribution in [1.29, 1.82) is 0 Å². The zero-order chi connectivity index (χ0) is 18.6. The second-order valence-electron chi connectivity index (χ2n) is 5.01. The van der Waals surface area contributed by atoms with Crippen LogP contribution >= 0.6 is 11.6 Å². The zero-order valence-corrected chi connectivity index (χ0v) is 14.1. The van der Waals surface area contributed by atoms with Gasteiger partial charge in [0.25, 0.3) is 5.91 Å². The van der Waals surface area contributed by atoms with Gasteiger partial charge in [-0.2, -0.15) is 0 Å². The third-order valence-electron chi connectivity index (χ3n) is 3.24. The molecule has 0 radical (unpaired) electrons. The van der Waals surface area contributed by atoms with Crippen LogP contribution in [0.3, 0.4) is 0 Å². The van der Waals surface area contributed by atoms with Crippen molar-refractivity contribution in [3.05, 3.63) is 58.6 Å². The van der Waals surface area contributed by atoms with Crippen molar-refractivity contribution in [2.45, 2.75) is 13.0 Å². The lowest BCUT2D eigenvalue weighted by Crippen LogP contribution is -2.30. The normalized spacial score (nSPS) is 11.6. The van der Waals surface area contributed by atoms with E-state index in [0.717, 1.165) is 18.2 Å². The Kier molecular flexibility index (Phi) is 5.93. The lowest BCUT2D eigenvalue weighted by atomic mass is 10.2. The number of methoxy groups -OCH3 is 1. The molecule has 2 aromatic rings. The Balaban J connectivity index is 2.04. The molecule has 0 fully saturated rings. The van der Waals surface area contributed by atoms with Crippen molar-refractivity contribution in [3.8, 4) is 5.75 Å². The van der Waals surface area contributed by atoms with Crippen LogP contribution in [0.5, 0.6) is 5.75 Å². The van der Waals surface area contributed by atoms with Gasteiger partial charge in [-0.1, -0.05) is 11.6 Å². The van der Waals surface area contributed by atoms with Gasteiger partial charge in [0.15, 0.2) is 6.10 Å². The summed E-state index contributed by atoms with van der Waals surface area (Å²) in [7, 11) is 1.36. The van der Waals surface area contributed by atoms with Gasteiger partial charge in [0.05, 0.1) is 23.4 Å². The van der Waals surface area contributed by atoms with E-state index in [-0.39, 0.29) is 22.0 Å². The molecule has 0 aliphatic heterocycles. The van der Waals surface area contributed by atoms with E-state index in [9.17, 15) is 18.4 Å². The molecule has 1 amide bonds. The highest BCUT2D eigenvalue weighted by Gasteiger charge is 2.22. The molecule has 0 saturated heterocycles. The van der Waals surface area contributed by atoms with Crippen LogP contribution in [0.2, 0.25) is 5.02 Å². The highest BCUT2D eigenvalue weighted by atomic mass is 35.5. The number of hydrogen-bond acceptors (Lipinski definition) is 4.